The molecule has 0 radical (unpaired) electrons. The van der Waals surface area contributed by atoms with Gasteiger partial charge in [-0.25, -0.2) is 13.6 Å². The summed E-state index contributed by atoms with van der Waals surface area (Å²) in [5.74, 6) is 0. The largest absolute Gasteiger partial charge is 0.380 e. The first-order valence-electron chi connectivity index (χ1n) is 7.40. The molecule has 2 heterocycles. The Balaban J connectivity index is 1.94. The van der Waals surface area contributed by atoms with E-state index in [0.29, 0.717) is 5.69 Å². The number of sulfonamides is 1. The Hall–Kier alpha value is -2.12. The van der Waals surface area contributed by atoms with Crippen LogP contribution in [0.1, 0.15) is 25.8 Å². The van der Waals surface area contributed by atoms with Gasteiger partial charge in [-0.05, 0) is 50.5 Å². The van der Waals surface area contributed by atoms with Crippen molar-refractivity contribution in [1.82, 2.24) is 4.98 Å². The lowest BCUT2D eigenvalue weighted by Gasteiger charge is -2.34. The Labute approximate surface area is 136 Å². The second kappa shape index (κ2) is 5.50. The predicted molar refractivity (Wildman–Crippen MR) is 91.4 cm³/mol. The Morgan fingerprint density at radius 2 is 2.09 bits per heavy atom. The van der Waals surface area contributed by atoms with Gasteiger partial charge < -0.3 is 10.6 Å². The second-order valence-electron chi connectivity index (χ2n) is 6.42. The van der Waals surface area contributed by atoms with Gasteiger partial charge in [-0.1, -0.05) is 6.07 Å². The highest BCUT2D eigenvalue weighted by Gasteiger charge is 2.24. The summed E-state index contributed by atoms with van der Waals surface area (Å²) in [5, 5.41) is 11.9. The van der Waals surface area contributed by atoms with Crippen molar-refractivity contribution in [3.8, 4) is 0 Å². The molecule has 1 aliphatic rings. The first-order chi connectivity index (χ1) is 10.7. The molecule has 0 aliphatic carbocycles. The van der Waals surface area contributed by atoms with E-state index in [0.717, 1.165) is 24.2 Å². The van der Waals surface area contributed by atoms with Crippen molar-refractivity contribution >= 4 is 27.1 Å². The van der Waals surface area contributed by atoms with Crippen LogP contribution in [0.4, 0.5) is 17.1 Å². The molecule has 0 saturated heterocycles. The standard InChI is InChI=1S/C16H20N4O2S/c1-16(2)7-5-11-3-4-12(9-14(11)20-16)19-13-6-8-18-10-15(13)23(17,21)22/h3-4,6,8-10,20H,5,7H2,1-2H3,(H,18,19)(H2,17,21,22). The summed E-state index contributed by atoms with van der Waals surface area (Å²) in [7, 11) is -3.83. The Morgan fingerprint density at radius 3 is 2.83 bits per heavy atom. The van der Waals surface area contributed by atoms with Crippen molar-refractivity contribution in [2.45, 2.75) is 37.1 Å². The van der Waals surface area contributed by atoms with E-state index in [-0.39, 0.29) is 10.4 Å². The summed E-state index contributed by atoms with van der Waals surface area (Å²) < 4.78 is 23.3. The Kier molecular flexibility index (Phi) is 3.77. The summed E-state index contributed by atoms with van der Waals surface area (Å²) in [6.07, 6.45) is 4.87. The van der Waals surface area contributed by atoms with E-state index in [4.69, 9.17) is 5.14 Å². The smallest absolute Gasteiger partial charge is 0.241 e. The number of hydrogen-bond donors (Lipinski definition) is 3. The fraction of sp³-hybridized carbons (Fsp3) is 0.312. The topological polar surface area (TPSA) is 97.1 Å². The quantitative estimate of drug-likeness (QED) is 0.803. The summed E-state index contributed by atoms with van der Waals surface area (Å²) in [4.78, 5) is 3.81. The van der Waals surface area contributed by atoms with Gasteiger partial charge in [0.15, 0.2) is 0 Å². The lowest BCUT2D eigenvalue weighted by Crippen LogP contribution is -2.35. The number of nitrogens with zero attached hydrogens (tertiary/aromatic N) is 1. The highest BCUT2D eigenvalue weighted by atomic mass is 32.2. The zero-order valence-corrected chi connectivity index (χ0v) is 13.9. The molecule has 7 heteroatoms. The number of primary sulfonamides is 1. The van der Waals surface area contributed by atoms with Gasteiger partial charge in [-0.15, -0.1) is 0 Å². The molecule has 2 aromatic rings. The second-order valence-corrected chi connectivity index (χ2v) is 7.95. The number of hydrogen-bond acceptors (Lipinski definition) is 5. The molecular weight excluding hydrogens is 312 g/mol. The SMILES string of the molecule is CC1(C)CCc2ccc(Nc3ccncc3S(N)(=O)=O)cc2N1. The number of benzene rings is 1. The van der Waals surface area contributed by atoms with Gasteiger partial charge in [-0.3, -0.25) is 4.98 Å². The molecule has 3 rings (SSSR count). The lowest BCUT2D eigenvalue weighted by molar-refractivity contribution is 0.502. The molecule has 0 unspecified atom stereocenters. The molecule has 0 spiro atoms. The van der Waals surface area contributed by atoms with Gasteiger partial charge in [0.1, 0.15) is 4.90 Å². The Bertz CT molecular complexity index is 847. The van der Waals surface area contributed by atoms with Crippen LogP contribution in [-0.4, -0.2) is 18.9 Å². The number of nitrogens with one attached hydrogen (secondary N) is 2. The highest BCUT2D eigenvalue weighted by molar-refractivity contribution is 7.89. The molecule has 122 valence electrons. The minimum Gasteiger partial charge on any atom is -0.380 e. The minimum atomic E-state index is -3.83. The molecule has 4 N–H and O–H groups in total. The number of aryl methyl sites for hydroxylation is 1. The summed E-state index contributed by atoms with van der Waals surface area (Å²) >= 11 is 0. The van der Waals surface area contributed by atoms with Crippen molar-refractivity contribution < 1.29 is 8.42 Å². The molecule has 0 atom stereocenters. The van der Waals surface area contributed by atoms with Gasteiger partial charge in [0.2, 0.25) is 10.0 Å². The van der Waals surface area contributed by atoms with Crippen LogP contribution in [-0.2, 0) is 16.4 Å². The maximum absolute atomic E-state index is 11.6. The van der Waals surface area contributed by atoms with Gasteiger partial charge in [-0.2, -0.15) is 0 Å². The van der Waals surface area contributed by atoms with Crippen LogP contribution in [0.5, 0.6) is 0 Å². The van der Waals surface area contributed by atoms with Crippen LogP contribution in [0.15, 0.2) is 41.6 Å². The fourth-order valence-electron chi connectivity index (χ4n) is 2.73. The van der Waals surface area contributed by atoms with E-state index in [9.17, 15) is 8.42 Å². The molecule has 0 saturated carbocycles. The van der Waals surface area contributed by atoms with Crippen LogP contribution in [0, 0.1) is 0 Å². The predicted octanol–water partition coefficient (Wildman–Crippen LogP) is 2.61. The number of fused-ring (bicyclic) bond motifs is 1. The van der Waals surface area contributed by atoms with Crippen LogP contribution >= 0.6 is 0 Å². The number of pyridine rings is 1. The monoisotopic (exact) mass is 332 g/mol. The van der Waals surface area contributed by atoms with Crippen LogP contribution < -0.4 is 15.8 Å². The van der Waals surface area contributed by atoms with Crippen LogP contribution in [0.25, 0.3) is 0 Å². The summed E-state index contributed by atoms with van der Waals surface area (Å²) in [6.45, 7) is 4.33. The Morgan fingerprint density at radius 1 is 1.30 bits per heavy atom. The molecule has 6 nitrogen and oxygen atoms in total. The van der Waals surface area contributed by atoms with Crippen molar-refractivity contribution in [2.75, 3.05) is 10.6 Å². The van der Waals surface area contributed by atoms with Gasteiger partial charge in [0, 0.05) is 29.3 Å². The van der Waals surface area contributed by atoms with Crippen molar-refractivity contribution in [3.63, 3.8) is 0 Å². The van der Waals surface area contributed by atoms with E-state index in [1.165, 1.54) is 18.0 Å². The van der Waals surface area contributed by atoms with Crippen LogP contribution in [0.2, 0.25) is 0 Å². The van der Waals surface area contributed by atoms with Crippen molar-refractivity contribution in [1.29, 1.82) is 0 Å². The average molecular weight is 332 g/mol. The van der Waals surface area contributed by atoms with Gasteiger partial charge in [0.25, 0.3) is 0 Å². The number of nitrogens with two attached hydrogens (primary N) is 1. The first kappa shape index (κ1) is 15.8. The third-order valence-electron chi connectivity index (χ3n) is 3.97. The van der Waals surface area contributed by atoms with E-state index < -0.39 is 10.0 Å². The number of rotatable bonds is 3. The molecule has 0 bridgehead atoms. The molecule has 1 aromatic heterocycles. The first-order valence-corrected chi connectivity index (χ1v) is 8.94. The summed E-state index contributed by atoms with van der Waals surface area (Å²) in [5.41, 5.74) is 3.59. The van der Waals surface area contributed by atoms with Gasteiger partial charge >= 0.3 is 0 Å². The maximum atomic E-state index is 11.6. The molecule has 0 fully saturated rings. The van der Waals surface area contributed by atoms with Crippen molar-refractivity contribution in [2.24, 2.45) is 5.14 Å². The number of anilines is 3. The summed E-state index contributed by atoms with van der Waals surface area (Å²) in [6, 6.07) is 7.57. The minimum absolute atomic E-state index is 0.0222. The normalized spacial score (nSPS) is 16.3. The zero-order chi connectivity index (χ0) is 16.7. The van der Waals surface area contributed by atoms with E-state index in [1.54, 1.807) is 6.07 Å². The van der Waals surface area contributed by atoms with Crippen molar-refractivity contribution in [3.05, 3.63) is 42.2 Å². The third-order valence-corrected chi connectivity index (χ3v) is 4.91. The van der Waals surface area contributed by atoms with E-state index in [2.05, 4.69) is 35.5 Å². The fourth-order valence-corrected chi connectivity index (χ4v) is 3.36. The molecule has 1 aromatic carbocycles. The molecule has 23 heavy (non-hydrogen) atoms. The molecule has 0 amide bonds. The van der Waals surface area contributed by atoms with Gasteiger partial charge in [0.05, 0.1) is 5.69 Å². The molecular formula is C16H20N4O2S. The highest BCUT2D eigenvalue weighted by Crippen LogP contribution is 2.33. The van der Waals surface area contributed by atoms with E-state index >= 15 is 0 Å². The lowest BCUT2D eigenvalue weighted by atomic mass is 9.89. The maximum Gasteiger partial charge on any atom is 0.241 e. The van der Waals surface area contributed by atoms with Crippen LogP contribution in [0.3, 0.4) is 0 Å². The molecule has 1 aliphatic heterocycles. The van der Waals surface area contributed by atoms with E-state index in [1.807, 2.05) is 12.1 Å². The third kappa shape index (κ3) is 3.46. The average Bonchev–Trinajstić information content (AvgIpc) is 2.45. The number of aromatic nitrogens is 1. The zero-order valence-electron chi connectivity index (χ0n) is 13.1.